The monoisotopic (exact) mass is 624 g/mol. The van der Waals surface area contributed by atoms with Gasteiger partial charge in [-0.2, -0.15) is 0 Å². The lowest BCUT2D eigenvalue weighted by molar-refractivity contribution is 1.10. The zero-order valence-electron chi connectivity index (χ0n) is 26.5. The maximum atomic E-state index is 5.01. The van der Waals surface area contributed by atoms with Crippen molar-refractivity contribution >= 4 is 76.2 Å². The van der Waals surface area contributed by atoms with Crippen LogP contribution in [0.5, 0.6) is 0 Å². The van der Waals surface area contributed by atoms with Gasteiger partial charge >= 0.3 is 0 Å². The lowest BCUT2D eigenvalue weighted by atomic mass is 10.1. The van der Waals surface area contributed by atoms with Crippen molar-refractivity contribution < 1.29 is 0 Å². The lowest BCUT2D eigenvalue weighted by Gasteiger charge is -2.12. The van der Waals surface area contributed by atoms with Crippen LogP contribution >= 0.6 is 0 Å². The summed E-state index contributed by atoms with van der Waals surface area (Å²) in [5.74, 6) is 0.937. The van der Waals surface area contributed by atoms with E-state index in [1.165, 1.54) is 59.8 Å². The molecule has 4 aromatic heterocycles. The van der Waals surface area contributed by atoms with Crippen molar-refractivity contribution in [1.29, 1.82) is 0 Å². The summed E-state index contributed by atoms with van der Waals surface area (Å²) < 4.78 is 7.15. The molecule has 0 N–H and O–H groups in total. The molecule has 49 heavy (non-hydrogen) atoms. The van der Waals surface area contributed by atoms with Gasteiger partial charge in [0, 0.05) is 55.3 Å². The second-order valence-corrected chi connectivity index (χ2v) is 12.8. The third-order valence-electron chi connectivity index (χ3n) is 10.3. The average molecular weight is 625 g/mol. The lowest BCUT2D eigenvalue weighted by Crippen LogP contribution is -1.99. The van der Waals surface area contributed by atoms with Gasteiger partial charge in [0.2, 0.25) is 0 Å². The van der Waals surface area contributed by atoms with E-state index in [0.29, 0.717) is 0 Å². The molecular weight excluding hydrogens is 597 g/mol. The van der Waals surface area contributed by atoms with Crippen molar-refractivity contribution in [1.82, 2.24) is 18.7 Å². The Morgan fingerprint density at radius 2 is 0.694 bits per heavy atom. The minimum absolute atomic E-state index is 0.937. The minimum atomic E-state index is 0.937. The largest absolute Gasteiger partial charge is 0.309 e. The molecule has 7 aromatic carbocycles. The van der Waals surface area contributed by atoms with Crippen molar-refractivity contribution in [3.05, 3.63) is 170 Å². The van der Waals surface area contributed by atoms with Gasteiger partial charge in [-0.25, -0.2) is 4.98 Å². The van der Waals surface area contributed by atoms with Gasteiger partial charge < -0.3 is 9.13 Å². The summed E-state index contributed by atoms with van der Waals surface area (Å²) in [6.07, 6.45) is 1.92. The molecule has 0 radical (unpaired) electrons. The Bertz CT molecular complexity index is 2830. The fraction of sp³-hybridized carbons (Fsp3) is 0. The Balaban J connectivity index is 1.26. The Labute approximate surface area is 281 Å². The first-order valence-electron chi connectivity index (χ1n) is 16.7. The second-order valence-electron chi connectivity index (χ2n) is 12.8. The Morgan fingerprint density at radius 3 is 1.16 bits per heavy atom. The Morgan fingerprint density at radius 1 is 0.306 bits per heavy atom. The summed E-state index contributed by atoms with van der Waals surface area (Å²) in [4.78, 5) is 5.01. The number of rotatable bonds is 3. The fourth-order valence-electron chi connectivity index (χ4n) is 8.19. The molecule has 0 atom stereocenters. The van der Waals surface area contributed by atoms with Crippen molar-refractivity contribution in [2.24, 2.45) is 0 Å². The van der Waals surface area contributed by atoms with Crippen LogP contribution in [-0.4, -0.2) is 18.7 Å². The summed E-state index contributed by atoms with van der Waals surface area (Å²) in [6.45, 7) is 0. The van der Waals surface area contributed by atoms with E-state index < -0.39 is 0 Å². The molecule has 0 saturated heterocycles. The second kappa shape index (κ2) is 9.93. The van der Waals surface area contributed by atoms with E-state index in [0.717, 1.165) is 33.6 Å². The molecular formula is C45H28N4. The van der Waals surface area contributed by atoms with Crippen LogP contribution in [0.25, 0.3) is 93.4 Å². The number of benzene rings is 7. The number of hydrogen-bond donors (Lipinski definition) is 0. The van der Waals surface area contributed by atoms with Gasteiger partial charge in [0.25, 0.3) is 0 Å². The van der Waals surface area contributed by atoms with Crippen LogP contribution in [0.2, 0.25) is 0 Å². The van der Waals surface area contributed by atoms with E-state index in [1.54, 1.807) is 0 Å². The van der Waals surface area contributed by atoms with Gasteiger partial charge in [0.05, 0.1) is 33.1 Å². The molecule has 4 heterocycles. The normalized spacial score (nSPS) is 12.1. The van der Waals surface area contributed by atoms with Crippen LogP contribution in [0.1, 0.15) is 0 Å². The van der Waals surface area contributed by atoms with E-state index in [4.69, 9.17) is 4.98 Å². The summed E-state index contributed by atoms with van der Waals surface area (Å²) in [6, 6.07) is 59.3. The third-order valence-corrected chi connectivity index (χ3v) is 10.3. The predicted molar refractivity (Wildman–Crippen MR) is 205 cm³/mol. The number of fused-ring (bicyclic) bond motifs is 10. The smallest absolute Gasteiger partial charge is 0.145 e. The van der Waals surface area contributed by atoms with Crippen molar-refractivity contribution in [2.75, 3.05) is 0 Å². The van der Waals surface area contributed by atoms with Crippen LogP contribution in [0, 0.1) is 0 Å². The van der Waals surface area contributed by atoms with Gasteiger partial charge in [0.1, 0.15) is 5.82 Å². The van der Waals surface area contributed by atoms with Crippen LogP contribution in [-0.2, 0) is 0 Å². The Kier molecular flexibility index (Phi) is 5.35. The molecule has 4 nitrogen and oxygen atoms in total. The van der Waals surface area contributed by atoms with Crippen LogP contribution < -0.4 is 0 Å². The molecule has 0 amide bonds. The molecule has 11 rings (SSSR count). The molecule has 228 valence electrons. The fourth-order valence-corrected chi connectivity index (χ4v) is 8.19. The first-order valence-corrected chi connectivity index (χ1v) is 16.7. The van der Waals surface area contributed by atoms with Crippen molar-refractivity contribution in [3.63, 3.8) is 0 Å². The first kappa shape index (κ1) is 26.4. The van der Waals surface area contributed by atoms with E-state index >= 15 is 0 Å². The van der Waals surface area contributed by atoms with E-state index in [-0.39, 0.29) is 0 Å². The topological polar surface area (TPSA) is 27.7 Å². The molecule has 0 aliphatic heterocycles. The molecule has 0 aliphatic rings. The number of aromatic nitrogens is 4. The predicted octanol–water partition coefficient (Wildman–Crippen LogP) is 11.5. The minimum Gasteiger partial charge on any atom is -0.309 e. The highest BCUT2D eigenvalue weighted by atomic mass is 15.1. The highest BCUT2D eigenvalue weighted by Gasteiger charge is 2.20. The standard InChI is InChI=1S/C45H28N4/c1-2-12-32-29(11-1)25-26-46-45(32)49-43-23-21-30(47-39-17-7-3-13-33(39)34-14-4-8-18-40(34)47)27-37(43)38-28-31(22-24-44(38)49)48-41-19-9-5-15-35(41)36-16-6-10-20-42(36)48/h1-28H. The van der Waals surface area contributed by atoms with Gasteiger partial charge in [-0.15, -0.1) is 0 Å². The Hall–Kier alpha value is -6.65. The number of nitrogens with zero attached hydrogens (tertiary/aromatic N) is 4. The van der Waals surface area contributed by atoms with Gasteiger partial charge in [-0.1, -0.05) is 97.1 Å². The molecule has 0 saturated carbocycles. The van der Waals surface area contributed by atoms with Gasteiger partial charge in [-0.3, -0.25) is 4.57 Å². The summed E-state index contributed by atoms with van der Waals surface area (Å²) >= 11 is 0. The maximum Gasteiger partial charge on any atom is 0.145 e. The quantitative estimate of drug-likeness (QED) is 0.192. The molecule has 0 bridgehead atoms. The number of pyridine rings is 1. The maximum absolute atomic E-state index is 5.01. The van der Waals surface area contributed by atoms with Crippen LogP contribution in [0.4, 0.5) is 0 Å². The number of para-hydroxylation sites is 4. The van der Waals surface area contributed by atoms with Crippen LogP contribution in [0.15, 0.2) is 170 Å². The van der Waals surface area contributed by atoms with E-state index in [9.17, 15) is 0 Å². The highest BCUT2D eigenvalue weighted by molar-refractivity contribution is 6.14. The van der Waals surface area contributed by atoms with Gasteiger partial charge in [-0.05, 0) is 72.1 Å². The average Bonchev–Trinajstić information content (AvgIpc) is 3.80. The van der Waals surface area contributed by atoms with Crippen molar-refractivity contribution in [2.45, 2.75) is 0 Å². The van der Waals surface area contributed by atoms with Crippen molar-refractivity contribution in [3.8, 4) is 17.2 Å². The zero-order chi connectivity index (χ0) is 32.1. The number of hydrogen-bond acceptors (Lipinski definition) is 1. The van der Waals surface area contributed by atoms with Gasteiger partial charge in [0.15, 0.2) is 0 Å². The molecule has 0 spiro atoms. The molecule has 0 fully saturated rings. The first-order chi connectivity index (χ1) is 24.3. The van der Waals surface area contributed by atoms with Crippen LogP contribution in [0.3, 0.4) is 0 Å². The zero-order valence-corrected chi connectivity index (χ0v) is 26.5. The molecule has 0 unspecified atom stereocenters. The molecule has 4 heteroatoms. The van der Waals surface area contributed by atoms with E-state index in [1.807, 2.05) is 6.20 Å². The SMILES string of the molecule is c1ccc2c(-n3c4ccc(-n5c6ccccc6c6ccccc65)cc4c4cc(-n5c6ccccc6c6ccccc65)ccc43)nccc2c1. The third kappa shape index (κ3) is 3.66. The summed E-state index contributed by atoms with van der Waals surface area (Å²) in [5, 5.41) is 9.71. The van der Waals surface area contributed by atoms with E-state index in [2.05, 4.69) is 177 Å². The molecule has 0 aliphatic carbocycles. The molecule has 11 aromatic rings. The summed E-state index contributed by atoms with van der Waals surface area (Å²) in [5.41, 5.74) is 9.34. The highest BCUT2D eigenvalue weighted by Crippen LogP contribution is 2.40. The summed E-state index contributed by atoms with van der Waals surface area (Å²) in [7, 11) is 0.